The minimum Gasteiger partial charge on any atom is -0.506 e. The molecule has 3 N–H and O–H groups in total. The van der Waals surface area contributed by atoms with Gasteiger partial charge in [0.25, 0.3) is 5.56 Å². The molecule has 0 saturated carbocycles. The van der Waals surface area contributed by atoms with Crippen LogP contribution in [-0.4, -0.2) is 25.5 Å². The number of aromatic amines is 1. The Hall–Kier alpha value is -2.83. The van der Waals surface area contributed by atoms with Gasteiger partial charge in [0.1, 0.15) is 11.3 Å². The predicted octanol–water partition coefficient (Wildman–Crippen LogP) is 0.140. The minimum absolute atomic E-state index is 0.0382. The molecule has 0 radical (unpaired) electrons. The summed E-state index contributed by atoms with van der Waals surface area (Å²) in [6.07, 6.45) is 0. The third kappa shape index (κ3) is 2.01. The summed E-state index contributed by atoms with van der Waals surface area (Å²) in [5.74, 6) is -1.77. The third-order valence-electron chi connectivity index (χ3n) is 2.56. The van der Waals surface area contributed by atoms with Gasteiger partial charge >= 0.3 is 5.69 Å². The van der Waals surface area contributed by atoms with Crippen LogP contribution in [0.2, 0.25) is 0 Å². The minimum atomic E-state index is -0.971. The summed E-state index contributed by atoms with van der Waals surface area (Å²) >= 11 is 0. The molecule has 19 heavy (non-hydrogen) atoms. The van der Waals surface area contributed by atoms with Crippen LogP contribution in [0.1, 0.15) is 17.3 Å². The Kier molecular flexibility index (Phi) is 2.95. The Morgan fingerprint density at radius 1 is 1.21 bits per heavy atom. The number of nitrogens with one attached hydrogen (secondary N) is 1. The maximum atomic E-state index is 11.7. The van der Waals surface area contributed by atoms with Crippen molar-refractivity contribution < 1.29 is 15.0 Å². The monoisotopic (exact) mass is 262 g/mol. The predicted molar refractivity (Wildman–Crippen MR) is 66.0 cm³/mol. The second-order valence-corrected chi connectivity index (χ2v) is 3.84. The number of nitrogens with zero attached hydrogens (tertiary/aromatic N) is 1. The zero-order chi connectivity index (χ0) is 14.2. The zero-order valence-electron chi connectivity index (χ0n) is 9.88. The van der Waals surface area contributed by atoms with E-state index in [0.29, 0.717) is 4.57 Å². The van der Waals surface area contributed by atoms with E-state index in [1.54, 1.807) is 0 Å². The maximum Gasteiger partial charge on any atom is 0.335 e. The molecule has 0 saturated heterocycles. The quantitative estimate of drug-likeness (QED) is 0.666. The van der Waals surface area contributed by atoms with Crippen LogP contribution < -0.4 is 11.2 Å². The number of aromatic nitrogens is 2. The van der Waals surface area contributed by atoms with Crippen LogP contribution in [0.3, 0.4) is 0 Å². The number of phenols is 1. The molecule has 98 valence electrons. The van der Waals surface area contributed by atoms with Gasteiger partial charge < -0.3 is 10.2 Å². The highest BCUT2D eigenvalue weighted by Crippen LogP contribution is 2.23. The zero-order valence-corrected chi connectivity index (χ0v) is 9.88. The van der Waals surface area contributed by atoms with Crippen molar-refractivity contribution in [3.63, 3.8) is 0 Å². The summed E-state index contributed by atoms with van der Waals surface area (Å²) in [5, 5.41) is 19.6. The van der Waals surface area contributed by atoms with Gasteiger partial charge in [0.2, 0.25) is 5.88 Å². The standard InChI is InChI=1S/C12H10N2O5/c1-6(15)9-10(17)13-12(19)14(11(9)18)7-4-2-3-5-8(7)16/h2-5,16,18H,1H3,(H,13,17,19). The Balaban J connectivity index is 2.90. The smallest absolute Gasteiger partial charge is 0.335 e. The summed E-state index contributed by atoms with van der Waals surface area (Å²) in [6, 6.07) is 5.72. The first-order valence-corrected chi connectivity index (χ1v) is 5.31. The van der Waals surface area contributed by atoms with Crippen LogP contribution in [0.25, 0.3) is 5.69 Å². The molecule has 1 aromatic carbocycles. The van der Waals surface area contributed by atoms with Gasteiger partial charge in [-0.1, -0.05) is 12.1 Å². The molecule has 2 rings (SSSR count). The second-order valence-electron chi connectivity index (χ2n) is 3.84. The number of rotatable bonds is 2. The van der Waals surface area contributed by atoms with Crippen molar-refractivity contribution in [1.29, 1.82) is 0 Å². The summed E-state index contributed by atoms with van der Waals surface area (Å²) in [6.45, 7) is 1.09. The first-order chi connectivity index (χ1) is 8.93. The lowest BCUT2D eigenvalue weighted by Crippen LogP contribution is -2.32. The topological polar surface area (TPSA) is 112 Å². The van der Waals surface area contributed by atoms with Crippen molar-refractivity contribution in [2.45, 2.75) is 6.92 Å². The van der Waals surface area contributed by atoms with Crippen molar-refractivity contribution in [2.24, 2.45) is 0 Å². The molecule has 0 amide bonds. The fraction of sp³-hybridized carbons (Fsp3) is 0.0833. The average molecular weight is 262 g/mol. The molecule has 0 spiro atoms. The SMILES string of the molecule is CC(=O)c1c(O)n(-c2ccccc2O)c(=O)[nH]c1=O. The first-order valence-electron chi connectivity index (χ1n) is 5.31. The molecule has 1 aromatic heterocycles. The van der Waals surface area contributed by atoms with Gasteiger partial charge in [-0.2, -0.15) is 0 Å². The molecule has 2 aromatic rings. The van der Waals surface area contributed by atoms with E-state index >= 15 is 0 Å². The molecule has 0 bridgehead atoms. The Bertz CT molecular complexity index is 772. The second kappa shape index (κ2) is 4.45. The molecule has 0 aliphatic heterocycles. The van der Waals surface area contributed by atoms with E-state index in [0.717, 1.165) is 6.92 Å². The van der Waals surface area contributed by atoms with E-state index < -0.39 is 28.5 Å². The Labute approximate surface area is 106 Å². The number of hydrogen-bond donors (Lipinski definition) is 3. The highest BCUT2D eigenvalue weighted by Gasteiger charge is 2.19. The fourth-order valence-electron chi connectivity index (χ4n) is 1.72. The number of carbonyl (C=O) groups is 1. The van der Waals surface area contributed by atoms with Gasteiger partial charge in [-0.3, -0.25) is 14.6 Å². The molecular weight excluding hydrogens is 252 g/mol. The van der Waals surface area contributed by atoms with Gasteiger partial charge in [-0.05, 0) is 19.1 Å². The van der Waals surface area contributed by atoms with Gasteiger partial charge in [-0.15, -0.1) is 0 Å². The molecule has 0 aliphatic rings. The van der Waals surface area contributed by atoms with Gasteiger partial charge in [-0.25, -0.2) is 9.36 Å². The number of hydrogen-bond acceptors (Lipinski definition) is 5. The lowest BCUT2D eigenvalue weighted by Gasteiger charge is -2.11. The number of ketones is 1. The van der Waals surface area contributed by atoms with Crippen LogP contribution in [-0.2, 0) is 0 Å². The Morgan fingerprint density at radius 2 is 1.84 bits per heavy atom. The summed E-state index contributed by atoms with van der Waals surface area (Å²) in [4.78, 5) is 36.4. The molecule has 1 heterocycles. The largest absolute Gasteiger partial charge is 0.506 e. The van der Waals surface area contributed by atoms with Crippen LogP contribution in [0.15, 0.2) is 33.9 Å². The van der Waals surface area contributed by atoms with Gasteiger partial charge in [0.15, 0.2) is 5.78 Å². The summed E-state index contributed by atoms with van der Waals surface area (Å²) < 4.78 is 0.660. The number of para-hydroxylation sites is 2. The van der Waals surface area contributed by atoms with E-state index in [2.05, 4.69) is 0 Å². The lowest BCUT2D eigenvalue weighted by atomic mass is 10.2. The molecule has 0 fully saturated rings. The average Bonchev–Trinajstić information content (AvgIpc) is 2.30. The Morgan fingerprint density at radius 3 is 2.42 bits per heavy atom. The number of phenolic OH excluding ortho intramolecular Hbond substituents is 1. The van der Waals surface area contributed by atoms with Crippen molar-refractivity contribution in [3.05, 3.63) is 50.7 Å². The maximum absolute atomic E-state index is 11.7. The van der Waals surface area contributed by atoms with E-state index in [1.165, 1.54) is 24.3 Å². The number of Topliss-reactive ketones (excluding diaryl/α,β-unsaturated/α-hetero) is 1. The van der Waals surface area contributed by atoms with Crippen molar-refractivity contribution in [3.8, 4) is 17.3 Å². The lowest BCUT2D eigenvalue weighted by molar-refractivity contribution is 0.101. The van der Waals surface area contributed by atoms with Crippen molar-refractivity contribution in [2.75, 3.05) is 0 Å². The molecule has 0 unspecified atom stereocenters. The van der Waals surface area contributed by atoms with Crippen molar-refractivity contribution in [1.82, 2.24) is 9.55 Å². The third-order valence-corrected chi connectivity index (χ3v) is 2.56. The van der Waals surface area contributed by atoms with Gasteiger partial charge in [0.05, 0.1) is 5.69 Å². The normalized spacial score (nSPS) is 10.4. The number of aromatic hydroxyl groups is 2. The van der Waals surface area contributed by atoms with Crippen LogP contribution in [0, 0.1) is 0 Å². The van der Waals surface area contributed by atoms with Crippen LogP contribution in [0.4, 0.5) is 0 Å². The number of benzene rings is 1. The molecular formula is C12H10N2O5. The molecule has 0 aliphatic carbocycles. The van der Waals surface area contributed by atoms with Crippen LogP contribution in [0.5, 0.6) is 11.6 Å². The molecule has 7 heteroatoms. The number of H-pyrrole nitrogens is 1. The van der Waals surface area contributed by atoms with E-state index in [-0.39, 0.29) is 11.4 Å². The van der Waals surface area contributed by atoms with Crippen molar-refractivity contribution >= 4 is 5.78 Å². The molecule has 0 atom stereocenters. The van der Waals surface area contributed by atoms with E-state index in [4.69, 9.17) is 0 Å². The van der Waals surface area contributed by atoms with E-state index in [1.807, 2.05) is 4.98 Å². The fourth-order valence-corrected chi connectivity index (χ4v) is 1.72. The van der Waals surface area contributed by atoms with E-state index in [9.17, 15) is 24.6 Å². The number of carbonyl (C=O) groups excluding carboxylic acids is 1. The highest BCUT2D eigenvalue weighted by atomic mass is 16.3. The first kappa shape index (κ1) is 12.6. The molecule has 7 nitrogen and oxygen atoms in total. The van der Waals surface area contributed by atoms with Crippen LogP contribution >= 0.6 is 0 Å². The van der Waals surface area contributed by atoms with Gasteiger partial charge in [0, 0.05) is 0 Å². The summed E-state index contributed by atoms with van der Waals surface area (Å²) in [5.41, 5.74) is -2.50. The highest BCUT2D eigenvalue weighted by molar-refractivity contribution is 5.95. The summed E-state index contributed by atoms with van der Waals surface area (Å²) in [7, 11) is 0.